The number of carbonyl (C=O) groups excluding carboxylic acids is 1. The second kappa shape index (κ2) is 5.57. The Balaban J connectivity index is 2.73. The molecule has 4 heteroatoms. The molecule has 0 aromatic carbocycles. The van der Waals surface area contributed by atoms with Gasteiger partial charge in [-0.25, -0.2) is 0 Å². The van der Waals surface area contributed by atoms with Gasteiger partial charge in [0.25, 0.3) is 0 Å². The third kappa shape index (κ3) is 3.35. The molecule has 102 valence electrons. The SMILES string of the molecule is CCCC(C)(N)C(=O)NC(C)c1cc(C)oc1C. The predicted molar refractivity (Wildman–Crippen MR) is 72.2 cm³/mol. The highest BCUT2D eigenvalue weighted by molar-refractivity contribution is 5.85. The van der Waals surface area contributed by atoms with Gasteiger partial charge in [-0.1, -0.05) is 13.3 Å². The normalized spacial score (nSPS) is 16.1. The first-order valence-electron chi connectivity index (χ1n) is 6.44. The summed E-state index contributed by atoms with van der Waals surface area (Å²) in [7, 11) is 0. The van der Waals surface area contributed by atoms with Crippen molar-refractivity contribution in [1.29, 1.82) is 0 Å². The second-order valence-corrected chi connectivity index (χ2v) is 5.23. The molecule has 2 atom stereocenters. The average molecular weight is 252 g/mol. The van der Waals surface area contributed by atoms with Crippen LogP contribution in [0.1, 0.15) is 56.7 Å². The molecule has 1 amide bonds. The molecule has 4 nitrogen and oxygen atoms in total. The van der Waals surface area contributed by atoms with Crippen molar-refractivity contribution in [2.24, 2.45) is 5.73 Å². The molecule has 1 heterocycles. The molecule has 0 aliphatic rings. The maximum atomic E-state index is 12.1. The van der Waals surface area contributed by atoms with Gasteiger partial charge in [0.1, 0.15) is 11.5 Å². The Labute approximate surface area is 109 Å². The van der Waals surface area contributed by atoms with Crippen LogP contribution in [0.15, 0.2) is 10.5 Å². The van der Waals surface area contributed by atoms with Crippen molar-refractivity contribution >= 4 is 5.91 Å². The molecule has 0 fully saturated rings. The summed E-state index contributed by atoms with van der Waals surface area (Å²) in [4.78, 5) is 12.1. The van der Waals surface area contributed by atoms with E-state index in [0.717, 1.165) is 23.5 Å². The molecular formula is C14H24N2O2. The molecule has 0 bridgehead atoms. The molecule has 1 aromatic rings. The molecule has 0 spiro atoms. The van der Waals surface area contributed by atoms with Crippen LogP contribution in [0, 0.1) is 13.8 Å². The molecule has 0 aliphatic heterocycles. The van der Waals surface area contributed by atoms with E-state index in [2.05, 4.69) is 5.32 Å². The van der Waals surface area contributed by atoms with E-state index in [4.69, 9.17) is 10.2 Å². The maximum Gasteiger partial charge on any atom is 0.240 e. The number of rotatable bonds is 5. The van der Waals surface area contributed by atoms with Gasteiger partial charge in [-0.15, -0.1) is 0 Å². The van der Waals surface area contributed by atoms with Crippen molar-refractivity contribution in [2.45, 2.75) is 59.0 Å². The fraction of sp³-hybridized carbons (Fsp3) is 0.643. The Morgan fingerprint density at radius 3 is 2.61 bits per heavy atom. The van der Waals surface area contributed by atoms with E-state index in [9.17, 15) is 4.79 Å². The molecule has 1 rings (SSSR count). The molecule has 18 heavy (non-hydrogen) atoms. The Morgan fingerprint density at radius 1 is 1.56 bits per heavy atom. The number of hydrogen-bond donors (Lipinski definition) is 2. The van der Waals surface area contributed by atoms with Gasteiger partial charge in [0.05, 0.1) is 11.6 Å². The Morgan fingerprint density at radius 2 is 2.17 bits per heavy atom. The number of carbonyl (C=O) groups is 1. The van der Waals surface area contributed by atoms with E-state index in [1.807, 2.05) is 33.8 Å². The highest BCUT2D eigenvalue weighted by Gasteiger charge is 2.28. The van der Waals surface area contributed by atoms with Gasteiger partial charge in [-0.05, 0) is 40.2 Å². The lowest BCUT2D eigenvalue weighted by Gasteiger charge is -2.25. The second-order valence-electron chi connectivity index (χ2n) is 5.23. The number of furan rings is 1. The minimum atomic E-state index is -0.810. The lowest BCUT2D eigenvalue weighted by Crippen LogP contribution is -2.52. The highest BCUT2D eigenvalue weighted by Crippen LogP contribution is 2.22. The molecule has 2 unspecified atom stereocenters. The quantitative estimate of drug-likeness (QED) is 0.846. The molecule has 0 saturated heterocycles. The van der Waals surface area contributed by atoms with Crippen LogP contribution in [-0.2, 0) is 4.79 Å². The maximum absolute atomic E-state index is 12.1. The lowest BCUT2D eigenvalue weighted by molar-refractivity contribution is -0.126. The minimum absolute atomic E-state index is 0.0883. The molecule has 0 saturated carbocycles. The van der Waals surface area contributed by atoms with Crippen molar-refractivity contribution < 1.29 is 9.21 Å². The fourth-order valence-corrected chi connectivity index (χ4v) is 2.15. The van der Waals surface area contributed by atoms with Crippen LogP contribution in [-0.4, -0.2) is 11.4 Å². The first kappa shape index (κ1) is 14.8. The number of aryl methyl sites for hydroxylation is 2. The standard InChI is InChI=1S/C14H24N2O2/c1-6-7-14(5,15)13(17)16-10(3)12-8-9(2)18-11(12)4/h8,10H,6-7,15H2,1-5H3,(H,16,17). The van der Waals surface area contributed by atoms with Gasteiger partial charge in [0.2, 0.25) is 5.91 Å². The largest absolute Gasteiger partial charge is 0.466 e. The first-order chi connectivity index (χ1) is 8.27. The van der Waals surface area contributed by atoms with Crippen molar-refractivity contribution in [3.63, 3.8) is 0 Å². The van der Waals surface area contributed by atoms with Gasteiger partial charge in [0, 0.05) is 5.56 Å². The van der Waals surface area contributed by atoms with Crippen molar-refractivity contribution in [2.75, 3.05) is 0 Å². The summed E-state index contributed by atoms with van der Waals surface area (Å²) >= 11 is 0. The van der Waals surface area contributed by atoms with Gasteiger partial charge in [-0.3, -0.25) is 4.79 Å². The zero-order chi connectivity index (χ0) is 13.9. The smallest absolute Gasteiger partial charge is 0.240 e. The summed E-state index contributed by atoms with van der Waals surface area (Å²) in [6.45, 7) is 9.53. The summed E-state index contributed by atoms with van der Waals surface area (Å²) in [5, 5.41) is 2.95. The van der Waals surface area contributed by atoms with Crippen molar-refractivity contribution in [3.05, 3.63) is 23.2 Å². The van der Waals surface area contributed by atoms with Gasteiger partial charge in [0.15, 0.2) is 0 Å². The zero-order valence-electron chi connectivity index (χ0n) is 12.0. The summed E-state index contributed by atoms with van der Waals surface area (Å²) < 4.78 is 5.47. The Hall–Kier alpha value is -1.29. The van der Waals surface area contributed by atoms with Gasteiger partial charge >= 0.3 is 0 Å². The molecular weight excluding hydrogens is 228 g/mol. The van der Waals surface area contributed by atoms with Crippen LogP contribution in [0.4, 0.5) is 0 Å². The van der Waals surface area contributed by atoms with Gasteiger partial charge in [-0.2, -0.15) is 0 Å². The lowest BCUT2D eigenvalue weighted by atomic mass is 9.95. The van der Waals surface area contributed by atoms with E-state index in [1.165, 1.54) is 0 Å². The summed E-state index contributed by atoms with van der Waals surface area (Å²) in [5.41, 5.74) is 6.20. The number of hydrogen-bond acceptors (Lipinski definition) is 3. The van der Waals surface area contributed by atoms with Crippen molar-refractivity contribution in [3.8, 4) is 0 Å². The molecule has 0 aliphatic carbocycles. The van der Waals surface area contributed by atoms with Crippen LogP contribution in [0.3, 0.4) is 0 Å². The molecule has 1 aromatic heterocycles. The van der Waals surface area contributed by atoms with Crippen LogP contribution in [0.2, 0.25) is 0 Å². The Kier molecular flexibility index (Phi) is 4.57. The highest BCUT2D eigenvalue weighted by atomic mass is 16.3. The van der Waals surface area contributed by atoms with Crippen LogP contribution in [0.25, 0.3) is 0 Å². The van der Waals surface area contributed by atoms with Crippen molar-refractivity contribution in [1.82, 2.24) is 5.32 Å². The van der Waals surface area contributed by atoms with E-state index >= 15 is 0 Å². The predicted octanol–water partition coefficient (Wildman–Crippen LogP) is 2.59. The van der Waals surface area contributed by atoms with E-state index < -0.39 is 5.54 Å². The monoisotopic (exact) mass is 252 g/mol. The average Bonchev–Trinajstić information content (AvgIpc) is 2.57. The number of nitrogens with two attached hydrogens (primary N) is 1. The minimum Gasteiger partial charge on any atom is -0.466 e. The fourth-order valence-electron chi connectivity index (χ4n) is 2.15. The van der Waals surface area contributed by atoms with Crippen LogP contribution >= 0.6 is 0 Å². The topological polar surface area (TPSA) is 68.3 Å². The summed E-state index contributed by atoms with van der Waals surface area (Å²) in [6.07, 6.45) is 1.56. The van der Waals surface area contributed by atoms with Gasteiger partial charge < -0.3 is 15.5 Å². The number of amides is 1. The Bertz CT molecular complexity index is 421. The van der Waals surface area contributed by atoms with E-state index in [1.54, 1.807) is 6.92 Å². The molecule has 0 radical (unpaired) electrons. The number of nitrogens with one attached hydrogen (secondary N) is 1. The summed E-state index contributed by atoms with van der Waals surface area (Å²) in [6, 6.07) is 1.86. The third-order valence-electron chi connectivity index (χ3n) is 3.18. The third-order valence-corrected chi connectivity index (χ3v) is 3.18. The van der Waals surface area contributed by atoms with Crippen LogP contribution in [0.5, 0.6) is 0 Å². The zero-order valence-corrected chi connectivity index (χ0v) is 12.0. The van der Waals surface area contributed by atoms with Crippen LogP contribution < -0.4 is 11.1 Å². The first-order valence-corrected chi connectivity index (χ1v) is 6.44. The van der Waals surface area contributed by atoms with E-state index in [0.29, 0.717) is 6.42 Å². The molecule has 3 N–H and O–H groups in total. The van der Waals surface area contributed by atoms with E-state index in [-0.39, 0.29) is 11.9 Å². The summed E-state index contributed by atoms with van der Waals surface area (Å²) in [5.74, 6) is 1.58.